The van der Waals surface area contributed by atoms with Crippen LogP contribution >= 0.6 is 0 Å². The fourth-order valence-electron chi connectivity index (χ4n) is 10.1. The molecule has 5 aliphatic rings. The SMILES string of the molecule is COC(=O)[C@]12CCC(C)(C)C[C@H]1C1=CC[C@@H]3[C@@]4(C)C=CC(=O)C(C)(C)[C@@H]4CC[C@@]3(C)[C@]1(C)CC2. The summed E-state index contributed by atoms with van der Waals surface area (Å²) < 4.78 is 5.47. The number of ketones is 1. The molecule has 0 unspecified atom stereocenters. The minimum atomic E-state index is -0.348. The van der Waals surface area contributed by atoms with E-state index in [9.17, 15) is 9.59 Å². The third kappa shape index (κ3) is 2.82. The second kappa shape index (κ2) is 7.10. The van der Waals surface area contributed by atoms with Gasteiger partial charge in [-0.15, -0.1) is 0 Å². The molecule has 0 radical (unpaired) electrons. The first kappa shape index (κ1) is 24.3. The van der Waals surface area contributed by atoms with Gasteiger partial charge in [0, 0.05) is 5.41 Å². The monoisotopic (exact) mass is 466 g/mol. The minimum absolute atomic E-state index is 0.0226. The van der Waals surface area contributed by atoms with E-state index in [-0.39, 0.29) is 44.4 Å². The quantitative estimate of drug-likeness (QED) is 0.301. The maximum absolute atomic E-state index is 13.3. The summed E-state index contributed by atoms with van der Waals surface area (Å²) in [6.07, 6.45) is 15.2. The standard InChI is InChI=1S/C31H46O3/c1-26(2)15-17-31(25(33)34-8)18-16-29(6)20(21(31)19-26)9-10-23-28(5)13-12-24(32)27(3,4)22(28)11-14-30(23,29)7/h9,12-13,21-23H,10-11,14-19H2,1-8H3/t21-,22-,23+,28-,29+,30+,31-/m0/s1. The average Bonchev–Trinajstić information content (AvgIpc) is 2.76. The van der Waals surface area contributed by atoms with Gasteiger partial charge in [0.25, 0.3) is 0 Å². The molecule has 0 N–H and O–H groups in total. The molecule has 0 bridgehead atoms. The Labute approximate surface area is 207 Å². The number of hydrogen-bond acceptors (Lipinski definition) is 3. The van der Waals surface area contributed by atoms with E-state index in [0.29, 0.717) is 17.6 Å². The van der Waals surface area contributed by atoms with Crippen LogP contribution in [0.5, 0.6) is 0 Å². The van der Waals surface area contributed by atoms with Crippen LogP contribution in [0.15, 0.2) is 23.8 Å². The number of carbonyl (C=O) groups is 2. The van der Waals surface area contributed by atoms with Gasteiger partial charge in [0.2, 0.25) is 0 Å². The van der Waals surface area contributed by atoms with Gasteiger partial charge in [0.1, 0.15) is 0 Å². The zero-order chi connectivity index (χ0) is 24.9. The van der Waals surface area contributed by atoms with E-state index in [1.165, 1.54) is 0 Å². The number of fused-ring (bicyclic) bond motifs is 7. The van der Waals surface area contributed by atoms with Gasteiger partial charge in [-0.3, -0.25) is 9.59 Å². The van der Waals surface area contributed by atoms with Crippen molar-refractivity contribution in [3.05, 3.63) is 23.8 Å². The maximum atomic E-state index is 13.3. The van der Waals surface area contributed by atoms with E-state index in [2.05, 4.69) is 60.6 Å². The Balaban J connectivity index is 1.62. The highest BCUT2D eigenvalue weighted by molar-refractivity contribution is 5.95. The lowest BCUT2D eigenvalue weighted by Crippen LogP contribution is -2.64. The number of ether oxygens (including phenoxy) is 1. The molecule has 0 amide bonds. The number of esters is 1. The smallest absolute Gasteiger partial charge is 0.312 e. The third-order valence-electron chi connectivity index (χ3n) is 12.5. The van der Waals surface area contributed by atoms with Crippen LogP contribution in [0.25, 0.3) is 0 Å². The summed E-state index contributed by atoms with van der Waals surface area (Å²) in [5.74, 6) is 1.50. The van der Waals surface area contributed by atoms with Gasteiger partial charge in [0.15, 0.2) is 5.78 Å². The third-order valence-corrected chi connectivity index (χ3v) is 12.5. The van der Waals surface area contributed by atoms with Gasteiger partial charge in [0.05, 0.1) is 12.5 Å². The van der Waals surface area contributed by atoms with Crippen LogP contribution in [-0.4, -0.2) is 18.9 Å². The largest absolute Gasteiger partial charge is 0.469 e. The van der Waals surface area contributed by atoms with E-state index in [1.807, 2.05) is 6.08 Å². The van der Waals surface area contributed by atoms with Crippen LogP contribution in [0.1, 0.15) is 99.8 Å². The second-order valence-corrected chi connectivity index (χ2v) is 14.6. The molecular formula is C31H46O3. The number of allylic oxidation sites excluding steroid dienone is 4. The van der Waals surface area contributed by atoms with Gasteiger partial charge in [-0.1, -0.05) is 66.2 Å². The molecule has 3 saturated carbocycles. The van der Waals surface area contributed by atoms with Crippen molar-refractivity contribution in [1.82, 2.24) is 0 Å². The topological polar surface area (TPSA) is 43.4 Å². The predicted molar refractivity (Wildman–Crippen MR) is 136 cm³/mol. The lowest BCUT2D eigenvalue weighted by atomic mass is 9.34. The van der Waals surface area contributed by atoms with Crippen LogP contribution in [0.4, 0.5) is 0 Å². The highest BCUT2D eigenvalue weighted by atomic mass is 16.5. The summed E-state index contributed by atoms with van der Waals surface area (Å²) in [7, 11) is 1.58. The molecule has 0 heterocycles. The molecule has 3 heteroatoms. The molecule has 5 rings (SSSR count). The van der Waals surface area contributed by atoms with E-state index >= 15 is 0 Å². The van der Waals surface area contributed by atoms with Crippen LogP contribution in [0.3, 0.4) is 0 Å². The van der Waals surface area contributed by atoms with E-state index < -0.39 is 0 Å². The van der Waals surface area contributed by atoms with E-state index in [0.717, 1.165) is 51.4 Å². The Hall–Kier alpha value is -1.38. The van der Waals surface area contributed by atoms with Gasteiger partial charge < -0.3 is 4.74 Å². The molecule has 34 heavy (non-hydrogen) atoms. The van der Waals surface area contributed by atoms with Crippen molar-refractivity contribution in [2.75, 3.05) is 7.11 Å². The molecule has 0 aliphatic heterocycles. The summed E-state index contributed by atoms with van der Waals surface area (Å²) >= 11 is 0. The summed E-state index contributed by atoms with van der Waals surface area (Å²) in [5, 5.41) is 0. The van der Waals surface area contributed by atoms with Crippen molar-refractivity contribution in [2.45, 2.75) is 99.8 Å². The first-order valence-corrected chi connectivity index (χ1v) is 13.7. The van der Waals surface area contributed by atoms with Gasteiger partial charge in [-0.25, -0.2) is 0 Å². The van der Waals surface area contributed by atoms with Crippen molar-refractivity contribution in [2.24, 2.45) is 50.2 Å². The van der Waals surface area contributed by atoms with Crippen LogP contribution in [0, 0.1) is 50.2 Å². The van der Waals surface area contributed by atoms with E-state index in [4.69, 9.17) is 4.74 Å². The molecule has 3 nitrogen and oxygen atoms in total. The number of hydrogen-bond donors (Lipinski definition) is 0. The predicted octanol–water partition coefficient (Wildman–Crippen LogP) is 7.31. The Morgan fingerprint density at radius 3 is 2.29 bits per heavy atom. The van der Waals surface area contributed by atoms with Gasteiger partial charge in [-0.05, 0) is 96.9 Å². The average molecular weight is 467 g/mol. The summed E-state index contributed by atoms with van der Waals surface area (Å²) in [4.78, 5) is 26.2. The number of methoxy groups -OCH3 is 1. The summed E-state index contributed by atoms with van der Waals surface area (Å²) in [5.41, 5.74) is 1.44. The maximum Gasteiger partial charge on any atom is 0.312 e. The molecule has 0 saturated heterocycles. The Kier molecular flexibility index (Phi) is 5.08. The highest BCUT2D eigenvalue weighted by Crippen LogP contribution is 2.75. The summed E-state index contributed by atoms with van der Waals surface area (Å²) in [6.45, 7) is 16.6. The van der Waals surface area contributed by atoms with Crippen molar-refractivity contribution >= 4 is 11.8 Å². The molecule has 5 aliphatic carbocycles. The zero-order valence-electron chi connectivity index (χ0n) is 22.8. The van der Waals surface area contributed by atoms with Crippen molar-refractivity contribution in [3.8, 4) is 0 Å². The normalized spacial score (nSPS) is 48.5. The fourth-order valence-corrected chi connectivity index (χ4v) is 10.1. The second-order valence-electron chi connectivity index (χ2n) is 14.6. The first-order valence-electron chi connectivity index (χ1n) is 13.7. The zero-order valence-corrected chi connectivity index (χ0v) is 22.8. The Bertz CT molecular complexity index is 985. The molecule has 3 fully saturated rings. The van der Waals surface area contributed by atoms with Crippen molar-refractivity contribution in [1.29, 1.82) is 0 Å². The first-order chi connectivity index (χ1) is 15.7. The van der Waals surface area contributed by atoms with Gasteiger partial charge >= 0.3 is 5.97 Å². The Morgan fingerprint density at radius 1 is 0.941 bits per heavy atom. The molecule has 7 atom stereocenters. The lowest BCUT2D eigenvalue weighted by Gasteiger charge is -2.69. The van der Waals surface area contributed by atoms with Crippen LogP contribution < -0.4 is 0 Å². The molecule has 0 spiro atoms. The number of rotatable bonds is 1. The van der Waals surface area contributed by atoms with E-state index in [1.54, 1.807) is 12.7 Å². The van der Waals surface area contributed by atoms with Crippen molar-refractivity contribution < 1.29 is 14.3 Å². The fraction of sp³-hybridized carbons (Fsp3) is 0.806. The van der Waals surface area contributed by atoms with Crippen LogP contribution in [0.2, 0.25) is 0 Å². The minimum Gasteiger partial charge on any atom is -0.469 e. The molecule has 0 aromatic rings. The highest BCUT2D eigenvalue weighted by Gasteiger charge is 2.68. The molecule has 188 valence electrons. The lowest BCUT2D eigenvalue weighted by molar-refractivity contribution is -0.177. The molecule has 0 aromatic heterocycles. The van der Waals surface area contributed by atoms with Crippen LogP contribution in [-0.2, 0) is 14.3 Å². The molecular weight excluding hydrogens is 420 g/mol. The number of carbonyl (C=O) groups excluding carboxylic acids is 2. The Morgan fingerprint density at radius 2 is 1.62 bits per heavy atom. The molecule has 0 aromatic carbocycles. The van der Waals surface area contributed by atoms with Gasteiger partial charge in [-0.2, -0.15) is 0 Å². The van der Waals surface area contributed by atoms with Crippen molar-refractivity contribution in [3.63, 3.8) is 0 Å². The summed E-state index contributed by atoms with van der Waals surface area (Å²) in [6, 6.07) is 0.